The van der Waals surface area contributed by atoms with Crippen LogP contribution in [0.5, 0.6) is 5.75 Å². The molecule has 3 aromatic heterocycles. The first kappa shape index (κ1) is 21.2. The maximum Gasteiger partial charge on any atom is 0.260 e. The molecule has 0 spiro atoms. The first-order valence-electron chi connectivity index (χ1n) is 9.78. The molecule has 0 aliphatic carbocycles. The summed E-state index contributed by atoms with van der Waals surface area (Å²) in [4.78, 5) is 36.5. The van der Waals surface area contributed by atoms with Crippen LogP contribution in [0.4, 0.5) is 5.69 Å². The predicted octanol–water partition coefficient (Wildman–Crippen LogP) is 4.18. The molecule has 0 unspecified atom stereocenters. The molecule has 7 nitrogen and oxygen atoms in total. The molecule has 160 valence electrons. The first-order chi connectivity index (χ1) is 15.1. The van der Waals surface area contributed by atoms with Crippen LogP contribution in [-0.2, 0) is 11.3 Å². The van der Waals surface area contributed by atoms with Crippen molar-refractivity contribution >= 4 is 44.5 Å². The number of hydrogen-bond acceptors (Lipinski definition) is 7. The van der Waals surface area contributed by atoms with Crippen LogP contribution in [0.1, 0.15) is 12.7 Å². The summed E-state index contributed by atoms with van der Waals surface area (Å²) in [5.41, 5.74) is 1.47. The summed E-state index contributed by atoms with van der Waals surface area (Å²) in [7, 11) is 1.60. The zero-order chi connectivity index (χ0) is 21.8. The second-order valence-corrected chi connectivity index (χ2v) is 8.71. The molecule has 0 radical (unpaired) electrons. The molecule has 0 fully saturated rings. The van der Waals surface area contributed by atoms with E-state index in [0.29, 0.717) is 34.8 Å². The minimum atomic E-state index is -0.150. The van der Waals surface area contributed by atoms with Crippen LogP contribution in [0.15, 0.2) is 52.0 Å². The van der Waals surface area contributed by atoms with Crippen LogP contribution < -0.4 is 15.6 Å². The Bertz CT molecular complexity index is 1230. The fraction of sp³-hybridized carbons (Fsp3) is 0.227. The number of hydrogen-bond donors (Lipinski definition) is 2. The Kier molecular flexibility index (Phi) is 6.45. The Labute approximate surface area is 187 Å². The molecule has 4 rings (SSSR count). The quantitative estimate of drug-likeness (QED) is 0.417. The molecule has 0 saturated carbocycles. The molecule has 9 heteroatoms. The number of carbonyl (C=O) groups excluding carboxylic acids is 1. The third kappa shape index (κ3) is 4.84. The normalized spacial score (nSPS) is 11.2. The van der Waals surface area contributed by atoms with Crippen LogP contribution in [0, 0.1) is 0 Å². The van der Waals surface area contributed by atoms with Gasteiger partial charge in [-0.3, -0.25) is 14.5 Å². The lowest BCUT2D eigenvalue weighted by Crippen LogP contribution is -2.33. The number of amides is 1. The van der Waals surface area contributed by atoms with Gasteiger partial charge in [0.25, 0.3) is 5.56 Å². The van der Waals surface area contributed by atoms with Gasteiger partial charge in [0.05, 0.1) is 25.6 Å². The van der Waals surface area contributed by atoms with Gasteiger partial charge < -0.3 is 15.0 Å². The van der Waals surface area contributed by atoms with Crippen LogP contribution in [0.2, 0.25) is 0 Å². The molecule has 0 aliphatic heterocycles. The summed E-state index contributed by atoms with van der Waals surface area (Å²) in [6.07, 6.45) is 0. The first-order valence-corrected chi connectivity index (χ1v) is 11.5. The third-order valence-corrected chi connectivity index (χ3v) is 6.62. The lowest BCUT2D eigenvalue weighted by Gasteiger charge is -2.19. The van der Waals surface area contributed by atoms with Crippen molar-refractivity contribution in [3.05, 3.63) is 63.3 Å². The van der Waals surface area contributed by atoms with E-state index < -0.39 is 0 Å². The highest BCUT2D eigenvalue weighted by Crippen LogP contribution is 2.33. The van der Waals surface area contributed by atoms with Gasteiger partial charge in [0.2, 0.25) is 5.91 Å². The molecule has 3 heterocycles. The van der Waals surface area contributed by atoms with Crippen LogP contribution in [0.25, 0.3) is 20.7 Å². The SMILES string of the molecule is CCN(CC(=O)Nc1ccc(OC)cc1)Cc1nc2scc(-c3cccs3)c2c(=O)[nH]1. The maximum absolute atomic E-state index is 12.8. The summed E-state index contributed by atoms with van der Waals surface area (Å²) >= 11 is 3.06. The largest absolute Gasteiger partial charge is 0.497 e. The van der Waals surface area contributed by atoms with E-state index in [1.807, 2.05) is 34.7 Å². The van der Waals surface area contributed by atoms with Gasteiger partial charge in [0, 0.05) is 21.5 Å². The van der Waals surface area contributed by atoms with E-state index in [9.17, 15) is 9.59 Å². The summed E-state index contributed by atoms with van der Waals surface area (Å²) in [5, 5.41) is 7.47. The van der Waals surface area contributed by atoms with Crippen molar-refractivity contribution in [2.75, 3.05) is 25.5 Å². The molecule has 31 heavy (non-hydrogen) atoms. The molecular formula is C22H22N4O3S2. The molecule has 4 aromatic rings. The van der Waals surface area contributed by atoms with E-state index in [1.54, 1.807) is 42.7 Å². The number of H-pyrrole nitrogens is 1. The number of rotatable bonds is 8. The Hall–Kier alpha value is -3.01. The molecule has 1 amide bonds. The van der Waals surface area contributed by atoms with Crippen molar-refractivity contribution in [1.82, 2.24) is 14.9 Å². The molecule has 0 aliphatic rings. The van der Waals surface area contributed by atoms with Gasteiger partial charge in [-0.25, -0.2) is 4.98 Å². The second-order valence-electron chi connectivity index (χ2n) is 6.90. The summed E-state index contributed by atoms with van der Waals surface area (Å²) in [6, 6.07) is 11.1. The summed E-state index contributed by atoms with van der Waals surface area (Å²) in [6.45, 7) is 3.18. The fourth-order valence-electron chi connectivity index (χ4n) is 3.25. The van der Waals surface area contributed by atoms with E-state index in [-0.39, 0.29) is 18.0 Å². The lowest BCUT2D eigenvalue weighted by atomic mass is 10.2. The van der Waals surface area contributed by atoms with E-state index >= 15 is 0 Å². The highest BCUT2D eigenvalue weighted by molar-refractivity contribution is 7.18. The van der Waals surface area contributed by atoms with Crippen molar-refractivity contribution in [3.8, 4) is 16.2 Å². The smallest absolute Gasteiger partial charge is 0.260 e. The molecule has 0 bridgehead atoms. The van der Waals surface area contributed by atoms with Gasteiger partial charge >= 0.3 is 0 Å². The van der Waals surface area contributed by atoms with Gasteiger partial charge in [-0.2, -0.15) is 0 Å². The van der Waals surface area contributed by atoms with E-state index in [1.165, 1.54) is 11.3 Å². The minimum Gasteiger partial charge on any atom is -0.497 e. The van der Waals surface area contributed by atoms with Crippen molar-refractivity contribution in [3.63, 3.8) is 0 Å². The highest BCUT2D eigenvalue weighted by Gasteiger charge is 2.16. The number of aromatic amines is 1. The van der Waals surface area contributed by atoms with E-state index in [0.717, 1.165) is 16.2 Å². The van der Waals surface area contributed by atoms with Crippen LogP contribution in [0.3, 0.4) is 0 Å². The zero-order valence-electron chi connectivity index (χ0n) is 17.2. The Morgan fingerprint density at radius 3 is 2.71 bits per heavy atom. The predicted molar refractivity (Wildman–Crippen MR) is 126 cm³/mol. The highest BCUT2D eigenvalue weighted by atomic mass is 32.1. The molecular weight excluding hydrogens is 432 g/mol. The summed E-state index contributed by atoms with van der Waals surface area (Å²) < 4.78 is 5.13. The number of methoxy groups -OCH3 is 1. The Balaban J connectivity index is 1.46. The topological polar surface area (TPSA) is 87.3 Å². The minimum absolute atomic E-state index is 0.133. The van der Waals surface area contributed by atoms with Crippen molar-refractivity contribution in [2.24, 2.45) is 0 Å². The number of fused-ring (bicyclic) bond motifs is 1. The monoisotopic (exact) mass is 454 g/mol. The van der Waals surface area contributed by atoms with E-state index in [4.69, 9.17) is 4.74 Å². The zero-order valence-corrected chi connectivity index (χ0v) is 18.8. The average molecular weight is 455 g/mol. The number of nitrogens with zero attached hydrogens (tertiary/aromatic N) is 2. The van der Waals surface area contributed by atoms with Crippen LogP contribution in [-0.4, -0.2) is 41.0 Å². The van der Waals surface area contributed by atoms with Gasteiger partial charge in [-0.1, -0.05) is 13.0 Å². The third-order valence-electron chi connectivity index (χ3n) is 4.84. The fourth-order valence-corrected chi connectivity index (χ4v) is 5.03. The number of ether oxygens (including phenoxy) is 1. The van der Waals surface area contributed by atoms with Crippen LogP contribution >= 0.6 is 22.7 Å². The molecule has 1 aromatic carbocycles. The van der Waals surface area contributed by atoms with Crippen molar-refractivity contribution in [2.45, 2.75) is 13.5 Å². The van der Waals surface area contributed by atoms with Gasteiger partial charge in [0.1, 0.15) is 16.4 Å². The molecule has 0 atom stereocenters. The average Bonchev–Trinajstić information content (AvgIpc) is 3.43. The number of nitrogens with one attached hydrogen (secondary N) is 2. The summed E-state index contributed by atoms with van der Waals surface area (Å²) in [5.74, 6) is 1.15. The van der Waals surface area contributed by atoms with E-state index in [2.05, 4.69) is 15.3 Å². The number of thiophene rings is 2. The Morgan fingerprint density at radius 1 is 1.23 bits per heavy atom. The van der Waals surface area contributed by atoms with Gasteiger partial charge in [-0.15, -0.1) is 22.7 Å². The van der Waals surface area contributed by atoms with Crippen molar-refractivity contribution in [1.29, 1.82) is 0 Å². The van der Waals surface area contributed by atoms with Crippen molar-refractivity contribution < 1.29 is 9.53 Å². The number of likely N-dealkylation sites (N-methyl/N-ethyl adjacent to an activating group) is 1. The standard InChI is InChI=1S/C22H22N4O3S2/c1-3-26(12-19(27)23-14-6-8-15(29-2)9-7-14)11-18-24-21(28)20-16(13-31-22(20)25-18)17-5-4-10-30-17/h4-10,13H,3,11-12H2,1-2H3,(H,23,27)(H,24,25,28). The lowest BCUT2D eigenvalue weighted by molar-refractivity contribution is -0.117. The molecule has 2 N–H and O–H groups in total. The van der Waals surface area contributed by atoms with Gasteiger partial charge in [0.15, 0.2) is 0 Å². The number of anilines is 1. The number of benzene rings is 1. The number of carbonyl (C=O) groups is 1. The Morgan fingerprint density at radius 2 is 2.03 bits per heavy atom. The number of aromatic nitrogens is 2. The molecule has 0 saturated heterocycles. The second kappa shape index (κ2) is 9.42. The van der Waals surface area contributed by atoms with Gasteiger partial charge in [-0.05, 0) is 42.3 Å². The maximum atomic E-state index is 12.8.